The van der Waals surface area contributed by atoms with Gasteiger partial charge in [0.25, 0.3) is 5.91 Å². The Labute approximate surface area is 157 Å². The van der Waals surface area contributed by atoms with Crippen molar-refractivity contribution in [3.63, 3.8) is 0 Å². The van der Waals surface area contributed by atoms with E-state index in [2.05, 4.69) is 20.3 Å². The van der Waals surface area contributed by atoms with Crippen LogP contribution >= 0.6 is 11.3 Å². The van der Waals surface area contributed by atoms with E-state index in [1.54, 1.807) is 0 Å². The molecule has 0 atom stereocenters. The third-order valence-electron chi connectivity index (χ3n) is 3.53. The topological polar surface area (TPSA) is 73.3 Å². The fraction of sp³-hybridized carbons (Fsp3) is 0.167. The van der Waals surface area contributed by atoms with Crippen molar-refractivity contribution in [3.05, 3.63) is 64.7 Å². The number of halogens is 2. The van der Waals surface area contributed by atoms with Crippen molar-refractivity contribution in [1.82, 2.24) is 10.2 Å². The number of anilines is 1. The lowest BCUT2D eigenvalue weighted by Crippen LogP contribution is -2.12. The number of rotatable bonds is 7. The van der Waals surface area contributed by atoms with E-state index < -0.39 is 12.5 Å². The van der Waals surface area contributed by atoms with Crippen LogP contribution in [0.15, 0.2) is 48.5 Å². The van der Waals surface area contributed by atoms with Crippen molar-refractivity contribution in [1.29, 1.82) is 0 Å². The number of nitrogens with zero attached hydrogens (tertiary/aromatic N) is 2. The molecule has 0 radical (unpaired) electrons. The third-order valence-corrected chi connectivity index (χ3v) is 4.37. The molecule has 1 amide bonds. The average molecular weight is 391 g/mol. The molecule has 3 rings (SSSR count). The number of hydrogen-bond acceptors (Lipinski definition) is 6. The lowest BCUT2D eigenvalue weighted by Gasteiger charge is -2.11. The van der Waals surface area contributed by atoms with Crippen molar-refractivity contribution in [2.45, 2.75) is 13.0 Å². The first kappa shape index (κ1) is 18.7. The first-order chi connectivity index (χ1) is 13.0. The molecule has 0 fully saturated rings. The van der Waals surface area contributed by atoms with Crippen molar-refractivity contribution in [3.8, 4) is 11.5 Å². The van der Waals surface area contributed by atoms with Crippen LogP contribution in [0, 0.1) is 0 Å². The van der Waals surface area contributed by atoms with Crippen LogP contribution in [0.25, 0.3) is 0 Å². The molecule has 140 valence electrons. The average Bonchev–Trinajstić information content (AvgIpc) is 3.09. The summed E-state index contributed by atoms with van der Waals surface area (Å²) in [5.74, 6) is -0.575. The fourth-order valence-electron chi connectivity index (χ4n) is 2.32. The summed E-state index contributed by atoms with van der Waals surface area (Å²) in [6, 6.07) is 13.7. The number of benzene rings is 2. The van der Waals surface area contributed by atoms with Gasteiger partial charge in [-0.3, -0.25) is 10.1 Å². The molecule has 1 aromatic heterocycles. The number of hydrogen-bond donors (Lipinski definition) is 1. The third kappa shape index (κ3) is 4.98. The predicted octanol–water partition coefficient (Wildman–Crippen LogP) is 3.99. The largest absolute Gasteiger partial charge is 0.493 e. The maximum Gasteiger partial charge on any atom is 0.387 e. The van der Waals surface area contributed by atoms with Gasteiger partial charge in [-0.25, -0.2) is 0 Å². The maximum atomic E-state index is 12.4. The van der Waals surface area contributed by atoms with E-state index in [0.29, 0.717) is 11.6 Å². The quantitative estimate of drug-likeness (QED) is 0.659. The zero-order chi connectivity index (χ0) is 19.2. The van der Waals surface area contributed by atoms with Crippen LogP contribution in [0.2, 0.25) is 0 Å². The molecule has 9 heteroatoms. The number of amides is 1. The van der Waals surface area contributed by atoms with Crippen molar-refractivity contribution in [2.24, 2.45) is 0 Å². The summed E-state index contributed by atoms with van der Waals surface area (Å²) in [6.07, 6.45) is 0.613. The number of alkyl halides is 2. The highest BCUT2D eigenvalue weighted by molar-refractivity contribution is 7.15. The number of ether oxygens (including phenoxy) is 2. The van der Waals surface area contributed by atoms with Gasteiger partial charge in [0.1, 0.15) is 5.01 Å². The molecule has 1 N–H and O–H groups in total. The van der Waals surface area contributed by atoms with Crippen molar-refractivity contribution in [2.75, 3.05) is 12.4 Å². The molecule has 0 saturated heterocycles. The van der Waals surface area contributed by atoms with Gasteiger partial charge < -0.3 is 9.47 Å². The summed E-state index contributed by atoms with van der Waals surface area (Å²) in [6.45, 7) is -2.98. The Morgan fingerprint density at radius 1 is 1.15 bits per heavy atom. The van der Waals surface area contributed by atoms with Crippen LogP contribution < -0.4 is 14.8 Å². The SMILES string of the molecule is COc1cc(C(=O)Nc2nnc(Cc3ccccc3)s2)ccc1OC(F)F. The van der Waals surface area contributed by atoms with Gasteiger partial charge in [0.05, 0.1) is 7.11 Å². The summed E-state index contributed by atoms with van der Waals surface area (Å²) in [5.41, 5.74) is 1.30. The molecule has 1 heterocycles. The zero-order valence-electron chi connectivity index (χ0n) is 14.2. The van der Waals surface area contributed by atoms with E-state index in [1.165, 1.54) is 36.6 Å². The van der Waals surface area contributed by atoms with Gasteiger partial charge in [0.15, 0.2) is 11.5 Å². The monoisotopic (exact) mass is 391 g/mol. The Morgan fingerprint density at radius 3 is 2.63 bits per heavy atom. The first-order valence-corrected chi connectivity index (χ1v) is 8.67. The van der Waals surface area contributed by atoms with E-state index in [-0.39, 0.29) is 17.1 Å². The van der Waals surface area contributed by atoms with Crippen molar-refractivity contribution >= 4 is 22.4 Å². The number of methoxy groups -OCH3 is 1. The molecule has 3 aromatic rings. The van der Waals surface area contributed by atoms with Gasteiger partial charge in [-0.15, -0.1) is 10.2 Å². The second-order valence-corrected chi connectivity index (χ2v) is 6.42. The molecular formula is C18H15F2N3O3S. The highest BCUT2D eigenvalue weighted by atomic mass is 32.1. The molecule has 27 heavy (non-hydrogen) atoms. The minimum Gasteiger partial charge on any atom is -0.493 e. The normalized spacial score (nSPS) is 10.7. The molecule has 2 aromatic carbocycles. The number of carbonyl (C=O) groups excluding carboxylic acids is 1. The van der Waals surface area contributed by atoms with Gasteiger partial charge in [-0.05, 0) is 23.8 Å². The highest BCUT2D eigenvalue weighted by Crippen LogP contribution is 2.30. The summed E-state index contributed by atoms with van der Waals surface area (Å²) >= 11 is 1.26. The van der Waals surface area contributed by atoms with Crippen LogP contribution in [0.1, 0.15) is 20.9 Å². The molecule has 0 aliphatic rings. The number of aromatic nitrogens is 2. The van der Waals surface area contributed by atoms with Crippen LogP contribution in [0.3, 0.4) is 0 Å². The van der Waals surface area contributed by atoms with E-state index in [1.807, 2.05) is 30.3 Å². The molecule has 0 spiro atoms. The van der Waals surface area contributed by atoms with Crippen molar-refractivity contribution < 1.29 is 23.0 Å². The predicted molar refractivity (Wildman–Crippen MR) is 96.7 cm³/mol. The minimum absolute atomic E-state index is 0.0324. The second-order valence-electron chi connectivity index (χ2n) is 5.36. The van der Waals surface area contributed by atoms with E-state index in [4.69, 9.17) is 4.74 Å². The molecule has 0 aliphatic carbocycles. The first-order valence-electron chi connectivity index (χ1n) is 7.85. The van der Waals surface area contributed by atoms with Crippen LogP contribution in [-0.2, 0) is 6.42 Å². The summed E-state index contributed by atoms with van der Waals surface area (Å²) in [7, 11) is 1.30. The van der Waals surface area contributed by atoms with Gasteiger partial charge in [-0.2, -0.15) is 8.78 Å². The smallest absolute Gasteiger partial charge is 0.387 e. The Hall–Kier alpha value is -3.07. The molecule has 0 aliphatic heterocycles. The Balaban J connectivity index is 1.68. The Bertz CT molecular complexity index is 919. The standard InChI is InChI=1S/C18H15F2N3O3S/c1-25-14-10-12(7-8-13(14)26-17(19)20)16(24)21-18-23-22-15(27-18)9-11-5-3-2-4-6-11/h2-8,10,17H,9H2,1H3,(H,21,23,24). The minimum atomic E-state index is -2.98. The number of carbonyl (C=O) groups is 1. The van der Waals surface area contributed by atoms with Gasteiger partial charge in [-0.1, -0.05) is 41.7 Å². The second kappa shape index (κ2) is 8.54. The lowest BCUT2D eigenvalue weighted by molar-refractivity contribution is -0.0512. The summed E-state index contributed by atoms with van der Waals surface area (Å²) in [5, 5.41) is 11.8. The fourth-order valence-corrected chi connectivity index (χ4v) is 3.09. The molecule has 0 saturated carbocycles. The van der Waals surface area contributed by atoms with Gasteiger partial charge >= 0.3 is 6.61 Å². The van der Waals surface area contributed by atoms with E-state index in [0.717, 1.165) is 10.6 Å². The van der Waals surface area contributed by atoms with E-state index >= 15 is 0 Å². The van der Waals surface area contributed by atoms with Crippen LogP contribution in [0.4, 0.5) is 13.9 Å². The summed E-state index contributed by atoms with van der Waals surface area (Å²) in [4.78, 5) is 12.4. The molecule has 0 unspecified atom stereocenters. The van der Waals surface area contributed by atoms with Gasteiger partial charge in [0, 0.05) is 12.0 Å². The lowest BCUT2D eigenvalue weighted by atomic mass is 10.2. The zero-order valence-corrected chi connectivity index (χ0v) is 15.0. The van der Waals surface area contributed by atoms with E-state index in [9.17, 15) is 13.6 Å². The Morgan fingerprint density at radius 2 is 1.93 bits per heavy atom. The highest BCUT2D eigenvalue weighted by Gasteiger charge is 2.15. The molecule has 6 nitrogen and oxygen atoms in total. The number of nitrogens with one attached hydrogen (secondary N) is 1. The molecule has 0 bridgehead atoms. The van der Waals surface area contributed by atoms with Crippen LogP contribution in [0.5, 0.6) is 11.5 Å². The van der Waals surface area contributed by atoms with Gasteiger partial charge in [0.2, 0.25) is 5.13 Å². The molecular weight excluding hydrogens is 376 g/mol. The van der Waals surface area contributed by atoms with Crippen LogP contribution in [-0.4, -0.2) is 29.8 Å². The Kier molecular flexibility index (Phi) is 5.92. The maximum absolute atomic E-state index is 12.4. The summed E-state index contributed by atoms with van der Waals surface area (Å²) < 4.78 is 34.1.